The lowest BCUT2D eigenvalue weighted by Gasteiger charge is -2.13. The molecule has 0 saturated carbocycles. The molecule has 0 atom stereocenters. The summed E-state index contributed by atoms with van der Waals surface area (Å²) < 4.78 is 10.8. The lowest BCUT2D eigenvalue weighted by Crippen LogP contribution is -2.01. The summed E-state index contributed by atoms with van der Waals surface area (Å²) in [6.45, 7) is 4.04. The van der Waals surface area contributed by atoms with Crippen LogP contribution in [0.5, 0.6) is 17.5 Å². The van der Waals surface area contributed by atoms with E-state index in [4.69, 9.17) is 38.4 Å². The van der Waals surface area contributed by atoms with Crippen LogP contribution < -0.4 is 15.2 Å². The molecule has 21 heavy (non-hydrogen) atoms. The number of aromatic nitrogens is 2. The summed E-state index contributed by atoms with van der Waals surface area (Å²) in [5.41, 5.74) is 6.99. The van der Waals surface area contributed by atoms with Crippen LogP contribution in [0.3, 0.4) is 0 Å². The Morgan fingerprint density at radius 1 is 1.10 bits per heavy atom. The first-order chi connectivity index (χ1) is 9.92. The number of benzene rings is 1. The van der Waals surface area contributed by atoms with Crippen molar-refractivity contribution in [2.24, 2.45) is 0 Å². The van der Waals surface area contributed by atoms with Gasteiger partial charge in [-0.2, -0.15) is 0 Å². The molecule has 0 aliphatic rings. The van der Waals surface area contributed by atoms with E-state index in [1.807, 2.05) is 13.8 Å². The monoisotopic (exact) mass is 327 g/mol. The van der Waals surface area contributed by atoms with Gasteiger partial charge in [0.1, 0.15) is 0 Å². The first kappa shape index (κ1) is 15.7. The van der Waals surface area contributed by atoms with E-state index < -0.39 is 0 Å². The molecule has 1 aromatic heterocycles. The number of nitrogen functional groups attached to an aromatic ring is 1. The molecule has 1 aromatic carbocycles. The molecule has 5 nitrogen and oxygen atoms in total. The summed E-state index contributed by atoms with van der Waals surface area (Å²) in [7, 11) is 1.55. The Labute approximate surface area is 133 Å². The van der Waals surface area contributed by atoms with Gasteiger partial charge in [0.15, 0.2) is 5.75 Å². The summed E-state index contributed by atoms with van der Waals surface area (Å²) in [5, 5.41) is 8.55. The van der Waals surface area contributed by atoms with E-state index in [2.05, 4.69) is 10.2 Å². The van der Waals surface area contributed by atoms with Crippen molar-refractivity contribution in [3.05, 3.63) is 33.8 Å². The fourth-order valence-corrected chi connectivity index (χ4v) is 2.36. The van der Waals surface area contributed by atoms with E-state index in [-0.39, 0.29) is 11.8 Å². The third kappa shape index (κ3) is 3.49. The second kappa shape index (κ2) is 6.37. The van der Waals surface area contributed by atoms with Gasteiger partial charge in [-0.1, -0.05) is 37.0 Å². The second-order valence-electron chi connectivity index (χ2n) is 4.72. The van der Waals surface area contributed by atoms with Gasteiger partial charge in [-0.05, 0) is 18.1 Å². The highest BCUT2D eigenvalue weighted by atomic mass is 35.5. The van der Waals surface area contributed by atoms with Crippen molar-refractivity contribution in [1.82, 2.24) is 10.2 Å². The highest BCUT2D eigenvalue weighted by molar-refractivity contribution is 6.37. The first-order valence-electron chi connectivity index (χ1n) is 6.26. The van der Waals surface area contributed by atoms with Crippen molar-refractivity contribution in [3.63, 3.8) is 0 Å². The van der Waals surface area contributed by atoms with Crippen LogP contribution in [0.15, 0.2) is 18.2 Å². The van der Waals surface area contributed by atoms with Gasteiger partial charge in [0.25, 0.3) is 0 Å². The Morgan fingerprint density at radius 3 is 2.24 bits per heavy atom. The smallest absolute Gasteiger partial charge is 0.239 e. The summed E-state index contributed by atoms with van der Waals surface area (Å²) in [6, 6.07) is 4.87. The molecule has 1 heterocycles. The molecule has 2 aromatic rings. The molecule has 0 spiro atoms. The van der Waals surface area contributed by atoms with Gasteiger partial charge in [-0.25, -0.2) is 0 Å². The van der Waals surface area contributed by atoms with Gasteiger partial charge in [-0.15, -0.1) is 10.2 Å². The van der Waals surface area contributed by atoms with Gasteiger partial charge in [0.05, 0.1) is 17.2 Å². The summed E-state index contributed by atoms with van der Waals surface area (Å²) >= 11 is 12.2. The minimum absolute atomic E-state index is 0.204. The van der Waals surface area contributed by atoms with Crippen molar-refractivity contribution >= 4 is 28.9 Å². The quantitative estimate of drug-likeness (QED) is 0.848. The van der Waals surface area contributed by atoms with E-state index in [1.54, 1.807) is 25.3 Å². The van der Waals surface area contributed by atoms with Gasteiger partial charge in [0, 0.05) is 17.3 Å². The lowest BCUT2D eigenvalue weighted by molar-refractivity contribution is 0.375. The molecule has 0 unspecified atom stereocenters. The van der Waals surface area contributed by atoms with E-state index in [0.29, 0.717) is 27.4 Å². The third-order valence-electron chi connectivity index (χ3n) is 2.81. The number of hydrogen-bond acceptors (Lipinski definition) is 5. The van der Waals surface area contributed by atoms with Crippen LogP contribution in [0.2, 0.25) is 10.0 Å². The minimum atomic E-state index is 0.204. The topological polar surface area (TPSA) is 70.3 Å². The third-order valence-corrected chi connectivity index (χ3v) is 3.37. The Hall–Kier alpha value is -1.72. The fourth-order valence-electron chi connectivity index (χ4n) is 1.78. The van der Waals surface area contributed by atoms with Crippen LogP contribution in [0.1, 0.15) is 25.3 Å². The zero-order valence-electron chi connectivity index (χ0n) is 11.9. The zero-order chi connectivity index (χ0) is 15.6. The lowest BCUT2D eigenvalue weighted by atomic mass is 10.1. The standard InChI is InChI=1S/C14H15Cl2N3O2/c1-7(2)9-6-12(18-19-14(9)20-3)21-13-10(15)4-8(17)5-11(13)16/h4-7H,17H2,1-3H3. The molecule has 0 amide bonds. The number of methoxy groups -OCH3 is 1. The van der Waals surface area contributed by atoms with Crippen LogP contribution in [-0.2, 0) is 0 Å². The number of nitrogens with zero attached hydrogens (tertiary/aromatic N) is 2. The van der Waals surface area contributed by atoms with Gasteiger partial charge >= 0.3 is 0 Å². The van der Waals surface area contributed by atoms with Crippen molar-refractivity contribution in [2.75, 3.05) is 12.8 Å². The first-order valence-corrected chi connectivity index (χ1v) is 7.02. The average molecular weight is 328 g/mol. The molecule has 7 heteroatoms. The maximum absolute atomic E-state index is 6.08. The number of rotatable bonds is 4. The largest absolute Gasteiger partial charge is 0.480 e. The molecule has 0 saturated heterocycles. The molecule has 0 bridgehead atoms. The molecule has 0 aliphatic heterocycles. The highest BCUT2D eigenvalue weighted by Gasteiger charge is 2.15. The van der Waals surface area contributed by atoms with E-state index >= 15 is 0 Å². The van der Waals surface area contributed by atoms with Crippen molar-refractivity contribution in [2.45, 2.75) is 19.8 Å². The van der Waals surface area contributed by atoms with Gasteiger partial charge in [0.2, 0.25) is 11.8 Å². The molecular formula is C14H15Cl2N3O2. The Bertz CT molecular complexity index is 640. The fraction of sp³-hybridized carbons (Fsp3) is 0.286. The Morgan fingerprint density at radius 2 is 1.71 bits per heavy atom. The van der Waals surface area contributed by atoms with Crippen molar-refractivity contribution in [3.8, 4) is 17.5 Å². The molecule has 0 aliphatic carbocycles. The zero-order valence-corrected chi connectivity index (χ0v) is 13.4. The minimum Gasteiger partial charge on any atom is -0.480 e. The number of hydrogen-bond donors (Lipinski definition) is 1. The number of nitrogens with two attached hydrogens (primary N) is 1. The normalized spacial score (nSPS) is 10.8. The van der Waals surface area contributed by atoms with Crippen LogP contribution >= 0.6 is 23.2 Å². The van der Waals surface area contributed by atoms with Gasteiger partial charge < -0.3 is 15.2 Å². The molecule has 112 valence electrons. The second-order valence-corrected chi connectivity index (χ2v) is 5.53. The summed E-state index contributed by atoms with van der Waals surface area (Å²) in [6.07, 6.45) is 0. The predicted molar refractivity (Wildman–Crippen MR) is 83.6 cm³/mol. The van der Waals surface area contributed by atoms with E-state index in [9.17, 15) is 0 Å². The van der Waals surface area contributed by atoms with Crippen LogP contribution in [-0.4, -0.2) is 17.3 Å². The molecule has 2 rings (SSSR count). The summed E-state index contributed by atoms with van der Waals surface area (Å²) in [4.78, 5) is 0. The van der Waals surface area contributed by atoms with Gasteiger partial charge in [-0.3, -0.25) is 0 Å². The van der Waals surface area contributed by atoms with Crippen molar-refractivity contribution < 1.29 is 9.47 Å². The highest BCUT2D eigenvalue weighted by Crippen LogP contribution is 2.38. The Balaban J connectivity index is 2.39. The Kier molecular flexibility index (Phi) is 4.75. The number of halogens is 2. The molecule has 2 N–H and O–H groups in total. The number of anilines is 1. The maximum Gasteiger partial charge on any atom is 0.239 e. The SMILES string of the molecule is COc1nnc(Oc2c(Cl)cc(N)cc2Cl)cc1C(C)C. The van der Waals surface area contributed by atoms with Crippen LogP contribution in [0, 0.1) is 0 Å². The van der Waals surface area contributed by atoms with E-state index in [1.165, 1.54) is 0 Å². The average Bonchev–Trinajstić information content (AvgIpc) is 2.42. The molecule has 0 radical (unpaired) electrons. The maximum atomic E-state index is 6.08. The number of ether oxygens (including phenoxy) is 2. The van der Waals surface area contributed by atoms with E-state index in [0.717, 1.165) is 5.56 Å². The molecular weight excluding hydrogens is 313 g/mol. The van der Waals surface area contributed by atoms with Crippen molar-refractivity contribution in [1.29, 1.82) is 0 Å². The van der Waals surface area contributed by atoms with Crippen LogP contribution in [0.25, 0.3) is 0 Å². The predicted octanol–water partition coefficient (Wildman–Crippen LogP) is 4.29. The summed E-state index contributed by atoms with van der Waals surface area (Å²) in [5.74, 6) is 1.25. The molecule has 0 fully saturated rings. The van der Waals surface area contributed by atoms with Crippen LogP contribution in [0.4, 0.5) is 5.69 Å².